The molecule has 1 atom stereocenters. The van der Waals surface area contributed by atoms with E-state index < -0.39 is 17.3 Å². The van der Waals surface area contributed by atoms with Gasteiger partial charge in [0.25, 0.3) is 11.5 Å². The number of aromatic hydroxyl groups is 1. The summed E-state index contributed by atoms with van der Waals surface area (Å²) >= 11 is 0. The van der Waals surface area contributed by atoms with Crippen LogP contribution in [0.1, 0.15) is 38.7 Å². The van der Waals surface area contributed by atoms with Crippen molar-refractivity contribution >= 4 is 27.7 Å². The summed E-state index contributed by atoms with van der Waals surface area (Å²) in [5.74, 6) is -0.732. The Morgan fingerprint density at radius 3 is 2.51 bits per heavy atom. The van der Waals surface area contributed by atoms with Crippen LogP contribution in [-0.2, 0) is 13.5 Å². The molecule has 1 amide bonds. The Labute approximate surface area is 258 Å². The third-order valence-corrected chi connectivity index (χ3v) is 8.23. The van der Waals surface area contributed by atoms with Crippen LogP contribution in [0, 0.1) is 5.82 Å². The number of nitrogens with one attached hydrogen (secondary N) is 2. The van der Waals surface area contributed by atoms with Gasteiger partial charge >= 0.3 is 0 Å². The van der Waals surface area contributed by atoms with Crippen LogP contribution < -0.4 is 20.3 Å². The van der Waals surface area contributed by atoms with E-state index >= 15 is 0 Å². The molecule has 8 nitrogen and oxygen atoms in total. The zero-order chi connectivity index (χ0) is 31.7. The number of nitrogens with zero attached hydrogens (tertiary/aromatic N) is 1. The summed E-state index contributed by atoms with van der Waals surface area (Å²) in [4.78, 5) is 30.6. The van der Waals surface area contributed by atoms with Gasteiger partial charge in [0, 0.05) is 35.6 Å². The third kappa shape index (κ3) is 5.37. The molecule has 0 bridgehead atoms. The van der Waals surface area contributed by atoms with E-state index in [0.717, 1.165) is 16.5 Å². The standard InChI is InChI=1S/C36H32FN3O5/c1-40-29-13-6-4-11-25(29)34(41)32(36(40)43)31(21-9-8-10-22(37)19-21)33-24(27-20-23(44-2)15-16-28(27)39-33)17-18-38-35(42)26-12-5-7-14-30(26)45-3/h4-16,19-20,31,39,41H,17-18H2,1-3H3,(H,38,42). The molecule has 0 aliphatic rings. The summed E-state index contributed by atoms with van der Waals surface area (Å²) in [6, 6.07) is 25.7. The maximum atomic E-state index is 14.8. The number of ether oxygens (including phenoxy) is 2. The van der Waals surface area contributed by atoms with E-state index in [1.165, 1.54) is 23.8 Å². The molecule has 0 fully saturated rings. The van der Waals surface area contributed by atoms with E-state index in [0.29, 0.717) is 45.6 Å². The maximum Gasteiger partial charge on any atom is 0.258 e. The Bertz CT molecular complexity index is 2120. The number of carbonyl (C=O) groups is 1. The molecule has 9 heteroatoms. The number of para-hydroxylation sites is 2. The fourth-order valence-corrected chi connectivity index (χ4v) is 6.05. The van der Waals surface area contributed by atoms with E-state index in [9.17, 15) is 19.1 Å². The number of halogens is 1. The number of carbonyl (C=O) groups excluding carboxylic acids is 1. The zero-order valence-corrected chi connectivity index (χ0v) is 25.1. The Morgan fingerprint density at radius 2 is 1.73 bits per heavy atom. The third-order valence-electron chi connectivity index (χ3n) is 8.23. The number of benzene rings is 4. The van der Waals surface area contributed by atoms with Crippen molar-refractivity contribution in [3.05, 3.63) is 135 Å². The molecule has 0 saturated heterocycles. The van der Waals surface area contributed by atoms with Gasteiger partial charge in [0.15, 0.2) is 0 Å². The van der Waals surface area contributed by atoms with Crippen molar-refractivity contribution in [1.82, 2.24) is 14.9 Å². The van der Waals surface area contributed by atoms with Crippen LogP contribution in [0.5, 0.6) is 17.2 Å². The number of H-pyrrole nitrogens is 1. The maximum absolute atomic E-state index is 14.8. The van der Waals surface area contributed by atoms with Crippen molar-refractivity contribution in [2.75, 3.05) is 20.8 Å². The van der Waals surface area contributed by atoms with E-state index in [4.69, 9.17) is 9.47 Å². The first-order valence-corrected chi connectivity index (χ1v) is 14.5. The summed E-state index contributed by atoms with van der Waals surface area (Å²) in [5.41, 5.74) is 3.30. The van der Waals surface area contributed by atoms with Gasteiger partial charge in [-0.1, -0.05) is 36.4 Å². The number of aryl methyl sites for hydroxylation is 1. The molecular formula is C36H32FN3O5. The van der Waals surface area contributed by atoms with Crippen molar-refractivity contribution in [3.8, 4) is 17.2 Å². The first-order valence-electron chi connectivity index (χ1n) is 14.5. The second-order valence-electron chi connectivity index (χ2n) is 10.8. The lowest BCUT2D eigenvalue weighted by Gasteiger charge is -2.22. The number of hydrogen-bond donors (Lipinski definition) is 3. The minimum absolute atomic E-state index is 0.111. The van der Waals surface area contributed by atoms with Crippen molar-refractivity contribution < 1.29 is 23.8 Å². The topological polar surface area (TPSA) is 106 Å². The Morgan fingerprint density at radius 1 is 0.956 bits per heavy atom. The molecule has 2 aromatic heterocycles. The van der Waals surface area contributed by atoms with Gasteiger partial charge < -0.3 is 29.4 Å². The van der Waals surface area contributed by atoms with Gasteiger partial charge in [0.1, 0.15) is 23.1 Å². The van der Waals surface area contributed by atoms with E-state index in [1.54, 1.807) is 74.8 Å². The number of hydrogen-bond acceptors (Lipinski definition) is 5. The highest BCUT2D eigenvalue weighted by molar-refractivity contribution is 5.97. The average Bonchev–Trinajstić information content (AvgIpc) is 3.42. The molecule has 228 valence electrons. The van der Waals surface area contributed by atoms with Gasteiger partial charge in [0.2, 0.25) is 0 Å². The number of aromatic nitrogens is 2. The molecule has 2 heterocycles. The summed E-state index contributed by atoms with van der Waals surface area (Å²) in [5, 5.41) is 16.0. The van der Waals surface area contributed by atoms with Crippen molar-refractivity contribution in [2.24, 2.45) is 7.05 Å². The number of fused-ring (bicyclic) bond motifs is 2. The van der Waals surface area contributed by atoms with Gasteiger partial charge in [-0.05, 0) is 72.1 Å². The summed E-state index contributed by atoms with van der Waals surface area (Å²) < 4.78 is 27.2. The van der Waals surface area contributed by atoms with Gasteiger partial charge in [-0.25, -0.2) is 4.39 Å². The van der Waals surface area contributed by atoms with Gasteiger partial charge in [-0.2, -0.15) is 0 Å². The van der Waals surface area contributed by atoms with Crippen LogP contribution in [0.4, 0.5) is 4.39 Å². The van der Waals surface area contributed by atoms with Crippen molar-refractivity contribution in [3.63, 3.8) is 0 Å². The Kier molecular flexibility index (Phi) is 8.00. The lowest BCUT2D eigenvalue weighted by atomic mass is 9.85. The predicted molar refractivity (Wildman–Crippen MR) is 172 cm³/mol. The van der Waals surface area contributed by atoms with E-state index in [-0.39, 0.29) is 23.8 Å². The highest BCUT2D eigenvalue weighted by Crippen LogP contribution is 2.41. The van der Waals surface area contributed by atoms with Crippen LogP contribution in [0.15, 0.2) is 95.8 Å². The molecule has 0 aliphatic heterocycles. The highest BCUT2D eigenvalue weighted by atomic mass is 19.1. The molecule has 0 radical (unpaired) electrons. The van der Waals surface area contributed by atoms with Gasteiger partial charge in [-0.15, -0.1) is 0 Å². The first kappa shape index (κ1) is 29.5. The summed E-state index contributed by atoms with van der Waals surface area (Å²) in [7, 11) is 4.74. The second-order valence-corrected chi connectivity index (χ2v) is 10.8. The molecule has 0 saturated carbocycles. The molecule has 45 heavy (non-hydrogen) atoms. The molecule has 4 aromatic carbocycles. The SMILES string of the molecule is COc1ccc2[nH]c(C(c3cccc(F)c3)c3c(O)c4ccccc4n(C)c3=O)c(CCNC(=O)c3ccccc3OC)c2c1. The van der Waals surface area contributed by atoms with Crippen LogP contribution in [0.3, 0.4) is 0 Å². The number of pyridine rings is 1. The van der Waals surface area contributed by atoms with Crippen LogP contribution in [0.25, 0.3) is 21.8 Å². The molecule has 6 rings (SSSR count). The Hall–Kier alpha value is -5.57. The lowest BCUT2D eigenvalue weighted by molar-refractivity contribution is 0.0951. The molecule has 1 unspecified atom stereocenters. The monoisotopic (exact) mass is 605 g/mol. The molecule has 0 aliphatic carbocycles. The van der Waals surface area contributed by atoms with E-state index in [1.807, 2.05) is 18.2 Å². The Balaban J connectivity index is 1.53. The average molecular weight is 606 g/mol. The van der Waals surface area contributed by atoms with Crippen LogP contribution in [0.2, 0.25) is 0 Å². The number of methoxy groups -OCH3 is 2. The van der Waals surface area contributed by atoms with Crippen LogP contribution in [-0.4, -0.2) is 41.3 Å². The van der Waals surface area contributed by atoms with Crippen molar-refractivity contribution in [1.29, 1.82) is 0 Å². The quantitative estimate of drug-likeness (QED) is 0.187. The number of amides is 1. The molecule has 0 spiro atoms. The second kappa shape index (κ2) is 12.2. The van der Waals surface area contributed by atoms with Crippen LogP contribution >= 0.6 is 0 Å². The molecule has 3 N–H and O–H groups in total. The summed E-state index contributed by atoms with van der Waals surface area (Å²) in [6.07, 6.45) is 0.351. The lowest BCUT2D eigenvalue weighted by Crippen LogP contribution is -2.27. The van der Waals surface area contributed by atoms with E-state index in [2.05, 4.69) is 10.3 Å². The van der Waals surface area contributed by atoms with Gasteiger partial charge in [0.05, 0.1) is 36.8 Å². The first-order chi connectivity index (χ1) is 21.8. The molecule has 6 aromatic rings. The normalized spacial score (nSPS) is 11.9. The smallest absolute Gasteiger partial charge is 0.258 e. The number of aromatic amines is 1. The number of rotatable bonds is 9. The summed E-state index contributed by atoms with van der Waals surface area (Å²) in [6.45, 7) is 0.242. The largest absolute Gasteiger partial charge is 0.507 e. The minimum atomic E-state index is -0.873. The highest BCUT2D eigenvalue weighted by Gasteiger charge is 2.30. The fraction of sp³-hybridized carbons (Fsp3) is 0.167. The molecular weight excluding hydrogens is 573 g/mol. The predicted octanol–water partition coefficient (Wildman–Crippen LogP) is 6.03. The van der Waals surface area contributed by atoms with Gasteiger partial charge in [-0.3, -0.25) is 9.59 Å². The minimum Gasteiger partial charge on any atom is -0.507 e. The van der Waals surface area contributed by atoms with Crippen molar-refractivity contribution in [2.45, 2.75) is 12.3 Å². The zero-order valence-electron chi connectivity index (χ0n) is 25.1. The fourth-order valence-electron chi connectivity index (χ4n) is 6.05.